The third kappa shape index (κ3) is 2.54. The van der Waals surface area contributed by atoms with E-state index >= 15 is 0 Å². The quantitative estimate of drug-likeness (QED) is 0.789. The van der Waals surface area contributed by atoms with E-state index < -0.39 is 10.0 Å². The van der Waals surface area contributed by atoms with Crippen LogP contribution in [0, 0.1) is 7.05 Å². The summed E-state index contributed by atoms with van der Waals surface area (Å²) in [5, 5.41) is 0. The Balaban J connectivity index is 2.37. The van der Waals surface area contributed by atoms with Gasteiger partial charge in [-0.3, -0.25) is 11.8 Å². The molecular formula is C11H15N2O2S-. The third-order valence-electron chi connectivity index (χ3n) is 2.64. The Kier molecular flexibility index (Phi) is 2.90. The summed E-state index contributed by atoms with van der Waals surface area (Å²) in [5.41, 5.74) is 2.94. The lowest BCUT2D eigenvalue weighted by Crippen LogP contribution is -2.26. The Morgan fingerprint density at radius 3 is 2.88 bits per heavy atom. The van der Waals surface area contributed by atoms with E-state index in [1.54, 1.807) is 6.07 Å². The molecule has 0 radical (unpaired) electrons. The van der Waals surface area contributed by atoms with Gasteiger partial charge in [-0.2, -0.15) is 0 Å². The van der Waals surface area contributed by atoms with Crippen molar-refractivity contribution in [3.05, 3.63) is 36.4 Å². The van der Waals surface area contributed by atoms with Crippen LogP contribution in [0.25, 0.3) is 0 Å². The second-order valence-corrected chi connectivity index (χ2v) is 5.87. The lowest BCUT2D eigenvalue weighted by molar-refractivity contribution is 0.348. The fourth-order valence-electron chi connectivity index (χ4n) is 1.96. The maximum absolute atomic E-state index is 11.2. The summed E-state index contributed by atoms with van der Waals surface area (Å²) in [4.78, 5) is 1.98. The highest BCUT2D eigenvalue weighted by molar-refractivity contribution is 7.92. The predicted octanol–water partition coefficient (Wildman–Crippen LogP) is 1.21. The van der Waals surface area contributed by atoms with Gasteiger partial charge in [-0.1, -0.05) is 12.1 Å². The standard InChI is InChI=1S/C11H15N2O2S/c1-13-7-6-10-9(8-13)4-3-5-11(10)12-16(2,14)15/h3-5,12H,1,6-8H2,2H3/q-1. The molecule has 1 aromatic carbocycles. The first-order chi connectivity index (χ1) is 7.46. The Morgan fingerprint density at radius 1 is 1.44 bits per heavy atom. The van der Waals surface area contributed by atoms with Crippen molar-refractivity contribution in [3.8, 4) is 0 Å². The van der Waals surface area contributed by atoms with E-state index in [0.717, 1.165) is 30.6 Å². The largest absolute Gasteiger partial charge is 0.455 e. The fraction of sp³-hybridized carbons (Fsp3) is 0.364. The van der Waals surface area contributed by atoms with E-state index in [-0.39, 0.29) is 0 Å². The van der Waals surface area contributed by atoms with Gasteiger partial charge in [-0.15, -0.1) is 0 Å². The van der Waals surface area contributed by atoms with Crippen LogP contribution in [0.5, 0.6) is 0 Å². The Bertz CT molecular complexity index is 497. The Hall–Kier alpha value is -1.07. The van der Waals surface area contributed by atoms with Gasteiger partial charge < -0.3 is 4.90 Å². The molecule has 1 aliphatic heterocycles. The van der Waals surface area contributed by atoms with Gasteiger partial charge in [0.15, 0.2) is 0 Å². The molecule has 0 atom stereocenters. The van der Waals surface area contributed by atoms with Gasteiger partial charge >= 0.3 is 0 Å². The van der Waals surface area contributed by atoms with Crippen molar-refractivity contribution in [1.29, 1.82) is 0 Å². The first kappa shape index (κ1) is 11.4. The zero-order valence-corrected chi connectivity index (χ0v) is 10.0. The van der Waals surface area contributed by atoms with E-state index in [1.807, 2.05) is 17.0 Å². The first-order valence-corrected chi connectivity index (χ1v) is 6.99. The van der Waals surface area contributed by atoms with Crippen molar-refractivity contribution in [3.63, 3.8) is 0 Å². The SMILES string of the molecule is [CH2-]N1CCc2c(cccc2NS(C)(=O)=O)C1. The zero-order valence-electron chi connectivity index (χ0n) is 9.23. The minimum Gasteiger partial charge on any atom is -0.455 e. The number of fused-ring (bicyclic) bond motifs is 1. The number of hydrogen-bond acceptors (Lipinski definition) is 3. The highest BCUT2D eigenvalue weighted by atomic mass is 32.2. The van der Waals surface area contributed by atoms with Gasteiger partial charge in [0.1, 0.15) is 0 Å². The van der Waals surface area contributed by atoms with E-state index in [1.165, 1.54) is 6.26 Å². The van der Waals surface area contributed by atoms with Crippen LogP contribution in [0.15, 0.2) is 18.2 Å². The average Bonchev–Trinajstić information content (AvgIpc) is 2.15. The van der Waals surface area contributed by atoms with E-state index in [9.17, 15) is 8.42 Å². The summed E-state index contributed by atoms with van der Waals surface area (Å²) in [6.45, 7) is 1.63. The molecule has 0 bridgehead atoms. The van der Waals surface area contributed by atoms with Crippen molar-refractivity contribution in [2.75, 3.05) is 17.5 Å². The molecule has 0 aliphatic carbocycles. The van der Waals surface area contributed by atoms with Crippen LogP contribution >= 0.6 is 0 Å². The molecule has 1 aliphatic rings. The minimum atomic E-state index is -3.20. The van der Waals surface area contributed by atoms with Crippen LogP contribution in [0.1, 0.15) is 11.1 Å². The monoisotopic (exact) mass is 239 g/mol. The molecule has 4 nitrogen and oxygen atoms in total. The molecule has 1 aromatic rings. The lowest BCUT2D eigenvalue weighted by atomic mass is 9.98. The summed E-state index contributed by atoms with van der Waals surface area (Å²) >= 11 is 0. The molecule has 0 fully saturated rings. The highest BCUT2D eigenvalue weighted by Gasteiger charge is 2.15. The van der Waals surface area contributed by atoms with E-state index in [4.69, 9.17) is 0 Å². The molecular weight excluding hydrogens is 224 g/mol. The van der Waals surface area contributed by atoms with Gasteiger partial charge in [0, 0.05) is 0 Å². The molecule has 0 spiro atoms. The Labute approximate surface area is 96.3 Å². The van der Waals surface area contributed by atoms with Crippen molar-refractivity contribution < 1.29 is 8.42 Å². The van der Waals surface area contributed by atoms with Crippen LogP contribution in [0.3, 0.4) is 0 Å². The minimum absolute atomic E-state index is 0.702. The molecule has 0 amide bonds. The van der Waals surface area contributed by atoms with Crippen molar-refractivity contribution in [1.82, 2.24) is 4.90 Å². The summed E-state index contributed by atoms with van der Waals surface area (Å²) in [5.74, 6) is 0. The summed E-state index contributed by atoms with van der Waals surface area (Å²) < 4.78 is 25.0. The molecule has 0 aromatic heterocycles. The number of hydrogen-bond donors (Lipinski definition) is 1. The van der Waals surface area contributed by atoms with Gasteiger partial charge in [-0.25, -0.2) is 8.42 Å². The van der Waals surface area contributed by atoms with Crippen molar-refractivity contribution in [2.24, 2.45) is 0 Å². The van der Waals surface area contributed by atoms with Crippen LogP contribution in [-0.2, 0) is 23.0 Å². The summed E-state index contributed by atoms with van der Waals surface area (Å²) in [6, 6.07) is 5.68. The van der Waals surface area contributed by atoms with Gasteiger partial charge in [0.2, 0.25) is 10.0 Å². The summed E-state index contributed by atoms with van der Waals surface area (Å²) in [7, 11) is 0.692. The molecule has 0 unspecified atom stereocenters. The molecule has 5 heteroatoms. The average molecular weight is 239 g/mol. The van der Waals surface area contributed by atoms with E-state index in [2.05, 4.69) is 11.8 Å². The maximum atomic E-state index is 11.2. The maximum Gasteiger partial charge on any atom is 0.229 e. The lowest BCUT2D eigenvalue weighted by Gasteiger charge is -2.32. The topological polar surface area (TPSA) is 49.4 Å². The smallest absolute Gasteiger partial charge is 0.229 e. The van der Waals surface area contributed by atoms with Crippen LogP contribution < -0.4 is 4.72 Å². The third-order valence-corrected chi connectivity index (χ3v) is 3.23. The highest BCUT2D eigenvalue weighted by Crippen LogP contribution is 2.26. The normalized spacial score (nSPS) is 16.9. The number of nitrogens with one attached hydrogen (secondary N) is 1. The fourth-order valence-corrected chi connectivity index (χ4v) is 2.55. The van der Waals surface area contributed by atoms with Crippen LogP contribution in [0.4, 0.5) is 5.69 Å². The second-order valence-electron chi connectivity index (χ2n) is 4.12. The van der Waals surface area contributed by atoms with E-state index in [0.29, 0.717) is 5.69 Å². The molecule has 88 valence electrons. The number of benzene rings is 1. The number of sulfonamides is 1. The van der Waals surface area contributed by atoms with Gasteiger partial charge in [0.25, 0.3) is 0 Å². The number of anilines is 1. The predicted molar refractivity (Wildman–Crippen MR) is 64.4 cm³/mol. The van der Waals surface area contributed by atoms with Crippen LogP contribution in [0.2, 0.25) is 0 Å². The molecule has 16 heavy (non-hydrogen) atoms. The molecule has 0 saturated heterocycles. The molecule has 1 N–H and O–H groups in total. The molecule has 1 heterocycles. The van der Waals surface area contributed by atoms with Crippen LogP contribution in [-0.4, -0.2) is 26.1 Å². The molecule has 2 rings (SSSR count). The molecule has 0 saturated carbocycles. The van der Waals surface area contributed by atoms with Crippen molar-refractivity contribution in [2.45, 2.75) is 13.0 Å². The number of rotatable bonds is 2. The number of nitrogens with zero attached hydrogens (tertiary/aromatic N) is 1. The zero-order chi connectivity index (χ0) is 11.8. The first-order valence-electron chi connectivity index (χ1n) is 5.10. The van der Waals surface area contributed by atoms with Crippen molar-refractivity contribution >= 4 is 15.7 Å². The van der Waals surface area contributed by atoms with Gasteiger partial charge in [-0.05, 0) is 36.7 Å². The Morgan fingerprint density at radius 2 is 2.19 bits per heavy atom. The summed E-state index contributed by atoms with van der Waals surface area (Å²) in [6.07, 6.45) is 2.00. The van der Waals surface area contributed by atoms with Gasteiger partial charge in [0.05, 0.1) is 11.9 Å². The second kappa shape index (κ2) is 4.07.